The largest absolute Gasteiger partial charge is 0.497 e. The maximum Gasteiger partial charge on any atom is 0.272 e. The zero-order chi connectivity index (χ0) is 21.3. The number of carbonyl (C=O) groups is 1. The maximum atomic E-state index is 13.2. The van der Waals surface area contributed by atoms with Crippen molar-refractivity contribution in [2.24, 2.45) is 7.05 Å². The molecule has 4 rings (SSSR count). The number of hydrogen-bond donors (Lipinski definition) is 0. The van der Waals surface area contributed by atoms with E-state index >= 15 is 0 Å². The zero-order valence-electron chi connectivity index (χ0n) is 18.1. The highest BCUT2D eigenvalue weighted by atomic mass is 16.5. The number of nitrogens with zero attached hydrogens (tertiary/aromatic N) is 4. The summed E-state index contributed by atoms with van der Waals surface area (Å²) in [5, 5.41) is 4.56. The first-order chi connectivity index (χ1) is 14.5. The zero-order valence-corrected chi connectivity index (χ0v) is 18.1. The molecule has 2 heterocycles. The topological polar surface area (TPSA) is 50.6 Å². The van der Waals surface area contributed by atoms with Crippen molar-refractivity contribution in [2.45, 2.75) is 13.8 Å². The predicted molar refractivity (Wildman–Crippen MR) is 119 cm³/mol. The first-order valence-electron chi connectivity index (χ1n) is 10.3. The fourth-order valence-corrected chi connectivity index (χ4v) is 3.96. The second-order valence-corrected chi connectivity index (χ2v) is 7.84. The minimum absolute atomic E-state index is 0.0276. The lowest BCUT2D eigenvalue weighted by molar-refractivity contribution is 0.0735. The van der Waals surface area contributed by atoms with Crippen LogP contribution < -0.4 is 9.64 Å². The highest BCUT2D eigenvalue weighted by molar-refractivity contribution is 5.94. The van der Waals surface area contributed by atoms with Gasteiger partial charge in [0.05, 0.1) is 12.8 Å². The van der Waals surface area contributed by atoms with Crippen LogP contribution in [-0.4, -0.2) is 53.9 Å². The fraction of sp³-hybridized carbons (Fsp3) is 0.333. The van der Waals surface area contributed by atoms with E-state index in [4.69, 9.17) is 4.74 Å². The Morgan fingerprint density at radius 1 is 1.00 bits per heavy atom. The van der Waals surface area contributed by atoms with E-state index in [0.29, 0.717) is 18.8 Å². The molecule has 0 spiro atoms. The molecule has 0 atom stereocenters. The van der Waals surface area contributed by atoms with Gasteiger partial charge in [0.2, 0.25) is 0 Å². The van der Waals surface area contributed by atoms with Gasteiger partial charge < -0.3 is 14.5 Å². The van der Waals surface area contributed by atoms with Crippen LogP contribution in [0.4, 0.5) is 5.69 Å². The second-order valence-electron chi connectivity index (χ2n) is 7.84. The summed E-state index contributed by atoms with van der Waals surface area (Å²) < 4.78 is 6.98. The third-order valence-electron chi connectivity index (χ3n) is 5.74. The first-order valence-corrected chi connectivity index (χ1v) is 10.3. The van der Waals surface area contributed by atoms with Crippen LogP contribution in [0.5, 0.6) is 5.75 Å². The van der Waals surface area contributed by atoms with Crippen molar-refractivity contribution >= 4 is 11.6 Å². The molecule has 1 aromatic heterocycles. The minimum Gasteiger partial charge on any atom is -0.497 e. The average Bonchev–Trinajstić information content (AvgIpc) is 3.16. The maximum absolute atomic E-state index is 13.2. The normalized spacial score (nSPS) is 14.1. The molecule has 1 amide bonds. The number of methoxy groups -OCH3 is 1. The molecule has 1 aliphatic heterocycles. The van der Waals surface area contributed by atoms with Crippen molar-refractivity contribution in [1.82, 2.24) is 14.7 Å². The van der Waals surface area contributed by atoms with Crippen molar-refractivity contribution in [1.29, 1.82) is 0 Å². The summed E-state index contributed by atoms with van der Waals surface area (Å²) in [7, 11) is 3.47. The quantitative estimate of drug-likeness (QED) is 0.666. The third kappa shape index (κ3) is 3.90. The molecule has 3 aromatic rings. The van der Waals surface area contributed by atoms with E-state index in [1.807, 2.05) is 42.3 Å². The summed E-state index contributed by atoms with van der Waals surface area (Å²) in [4.78, 5) is 17.5. The van der Waals surface area contributed by atoms with Gasteiger partial charge >= 0.3 is 0 Å². The van der Waals surface area contributed by atoms with Gasteiger partial charge in [-0.15, -0.1) is 0 Å². The Kier molecular flexibility index (Phi) is 5.48. The van der Waals surface area contributed by atoms with E-state index in [2.05, 4.69) is 42.0 Å². The van der Waals surface area contributed by atoms with E-state index in [1.54, 1.807) is 11.8 Å². The molecule has 0 aliphatic carbocycles. The van der Waals surface area contributed by atoms with Crippen LogP contribution in [0.3, 0.4) is 0 Å². The Morgan fingerprint density at radius 3 is 2.50 bits per heavy atom. The average molecular weight is 405 g/mol. The van der Waals surface area contributed by atoms with Gasteiger partial charge in [-0.1, -0.05) is 24.3 Å². The van der Waals surface area contributed by atoms with E-state index in [-0.39, 0.29) is 5.91 Å². The van der Waals surface area contributed by atoms with E-state index in [1.165, 1.54) is 16.8 Å². The minimum atomic E-state index is 0.0276. The highest BCUT2D eigenvalue weighted by Gasteiger charge is 2.25. The van der Waals surface area contributed by atoms with Gasteiger partial charge in [0.1, 0.15) is 11.4 Å². The van der Waals surface area contributed by atoms with Crippen molar-refractivity contribution in [2.75, 3.05) is 38.2 Å². The summed E-state index contributed by atoms with van der Waals surface area (Å²) >= 11 is 0. The van der Waals surface area contributed by atoms with Gasteiger partial charge in [0.25, 0.3) is 5.91 Å². The molecule has 1 aliphatic rings. The summed E-state index contributed by atoms with van der Waals surface area (Å²) in [6.07, 6.45) is 0. The summed E-state index contributed by atoms with van der Waals surface area (Å²) in [6.45, 7) is 7.32. The molecule has 0 unspecified atom stereocenters. The number of anilines is 1. The molecule has 2 aromatic carbocycles. The van der Waals surface area contributed by atoms with Crippen molar-refractivity contribution in [3.63, 3.8) is 0 Å². The van der Waals surface area contributed by atoms with E-state index in [9.17, 15) is 4.79 Å². The van der Waals surface area contributed by atoms with Crippen LogP contribution in [0.1, 0.15) is 21.6 Å². The third-order valence-corrected chi connectivity index (χ3v) is 5.74. The van der Waals surface area contributed by atoms with Gasteiger partial charge in [-0.2, -0.15) is 5.10 Å². The molecule has 0 N–H and O–H groups in total. The monoisotopic (exact) mass is 404 g/mol. The van der Waals surface area contributed by atoms with Gasteiger partial charge in [0.15, 0.2) is 0 Å². The van der Waals surface area contributed by atoms with Crippen LogP contribution >= 0.6 is 0 Å². The number of carbonyl (C=O) groups excluding carboxylic acids is 1. The van der Waals surface area contributed by atoms with E-state index in [0.717, 1.165) is 30.1 Å². The lowest BCUT2D eigenvalue weighted by Crippen LogP contribution is -2.49. The number of aromatic nitrogens is 2. The van der Waals surface area contributed by atoms with Crippen molar-refractivity contribution in [3.05, 3.63) is 65.4 Å². The molecular weight excluding hydrogens is 376 g/mol. The molecule has 6 nitrogen and oxygen atoms in total. The molecule has 1 saturated heterocycles. The number of ether oxygens (including phenoxy) is 1. The fourth-order valence-electron chi connectivity index (χ4n) is 3.96. The number of rotatable bonds is 4. The SMILES string of the molecule is COc1cccc(-c2cc(C(=O)N3CCN(c4cc(C)ccc4C)CC3)n(C)n2)c1. The molecular formula is C24H28N4O2. The standard InChI is InChI=1S/C24H28N4O2/c1-17-8-9-18(2)22(14-17)27-10-12-28(13-11-27)24(29)23-16-21(25-26(23)3)19-6-5-7-20(15-19)30-4/h5-9,14-16H,10-13H2,1-4H3. The van der Waals surface area contributed by atoms with Crippen LogP contribution in [0.2, 0.25) is 0 Å². The summed E-state index contributed by atoms with van der Waals surface area (Å²) in [5.41, 5.74) is 6.11. The smallest absolute Gasteiger partial charge is 0.272 e. The number of aryl methyl sites for hydroxylation is 3. The predicted octanol–water partition coefficient (Wildman–Crippen LogP) is 3.67. The summed E-state index contributed by atoms with van der Waals surface area (Å²) in [6, 6.07) is 16.1. The van der Waals surface area contributed by atoms with Crippen LogP contribution in [0.15, 0.2) is 48.5 Å². The number of hydrogen-bond acceptors (Lipinski definition) is 4. The van der Waals surface area contributed by atoms with Crippen LogP contribution in [-0.2, 0) is 7.05 Å². The van der Waals surface area contributed by atoms with E-state index < -0.39 is 0 Å². The highest BCUT2D eigenvalue weighted by Crippen LogP contribution is 2.25. The first kappa shape index (κ1) is 20.0. The number of amides is 1. The Labute approximate surface area is 177 Å². The molecule has 0 saturated carbocycles. The van der Waals surface area contributed by atoms with Gasteiger partial charge in [-0.25, -0.2) is 0 Å². The molecule has 1 fully saturated rings. The van der Waals surface area contributed by atoms with Crippen molar-refractivity contribution in [3.8, 4) is 17.0 Å². The molecule has 30 heavy (non-hydrogen) atoms. The van der Waals surface area contributed by atoms with Crippen LogP contribution in [0, 0.1) is 13.8 Å². The van der Waals surface area contributed by atoms with Gasteiger partial charge in [0, 0.05) is 44.5 Å². The second kappa shape index (κ2) is 8.22. The summed E-state index contributed by atoms with van der Waals surface area (Å²) in [5.74, 6) is 0.799. The molecule has 156 valence electrons. The van der Waals surface area contributed by atoms with Crippen molar-refractivity contribution < 1.29 is 9.53 Å². The Hall–Kier alpha value is -3.28. The Balaban J connectivity index is 1.48. The van der Waals surface area contributed by atoms with Gasteiger partial charge in [-0.05, 0) is 49.2 Å². The molecule has 0 bridgehead atoms. The lowest BCUT2D eigenvalue weighted by Gasteiger charge is -2.37. The number of benzene rings is 2. The lowest BCUT2D eigenvalue weighted by atomic mass is 10.1. The Bertz CT molecular complexity index is 1060. The van der Waals surface area contributed by atoms with Crippen LogP contribution in [0.25, 0.3) is 11.3 Å². The molecule has 0 radical (unpaired) electrons. The Morgan fingerprint density at radius 2 is 1.77 bits per heavy atom. The number of piperazine rings is 1. The molecule has 6 heteroatoms. The van der Waals surface area contributed by atoms with Gasteiger partial charge in [-0.3, -0.25) is 9.48 Å².